The lowest BCUT2D eigenvalue weighted by atomic mass is 10.2. The zero-order valence-corrected chi connectivity index (χ0v) is 11.1. The summed E-state index contributed by atoms with van der Waals surface area (Å²) in [6.45, 7) is 2.18. The highest BCUT2D eigenvalue weighted by molar-refractivity contribution is 7.12. The summed E-state index contributed by atoms with van der Waals surface area (Å²) in [5.74, 6) is -1.75. The molecule has 1 aromatic heterocycles. The van der Waals surface area contributed by atoms with Crippen molar-refractivity contribution in [1.82, 2.24) is 10.6 Å². The van der Waals surface area contributed by atoms with E-state index in [9.17, 15) is 14.4 Å². The lowest BCUT2D eigenvalue weighted by Gasteiger charge is -2.04. The number of nitrogens with one attached hydrogen (secondary N) is 2. The van der Waals surface area contributed by atoms with E-state index in [1.54, 1.807) is 18.4 Å². The Balaban J connectivity index is 2.65. The minimum absolute atomic E-state index is 0.105. The van der Waals surface area contributed by atoms with Gasteiger partial charge in [-0.25, -0.2) is 4.79 Å². The van der Waals surface area contributed by atoms with Gasteiger partial charge in [-0.1, -0.05) is 0 Å². The number of carboxylic acids is 1. The Kier molecular flexibility index (Phi) is 5.74. The third kappa shape index (κ3) is 4.92. The van der Waals surface area contributed by atoms with Crippen LogP contribution in [0.15, 0.2) is 17.5 Å². The van der Waals surface area contributed by atoms with Crippen LogP contribution in [-0.2, 0) is 9.59 Å². The molecule has 0 aliphatic heterocycles. The summed E-state index contributed by atoms with van der Waals surface area (Å²) >= 11 is 1.19. The van der Waals surface area contributed by atoms with Crippen LogP contribution >= 0.6 is 11.3 Å². The number of carbonyl (C=O) groups excluding carboxylic acids is 2. The van der Waals surface area contributed by atoms with Crippen molar-refractivity contribution in [3.63, 3.8) is 0 Å². The summed E-state index contributed by atoms with van der Waals surface area (Å²) in [5, 5.41) is 15.3. The molecular weight excluding hydrogens is 268 g/mol. The second-order valence-corrected chi connectivity index (χ2v) is 4.43. The first-order chi connectivity index (χ1) is 9.04. The maximum Gasteiger partial charge on any atom is 0.328 e. The average Bonchev–Trinajstić information content (AvgIpc) is 2.82. The number of thiophene rings is 1. The maximum absolute atomic E-state index is 11.8. The second-order valence-electron chi connectivity index (χ2n) is 3.51. The first kappa shape index (κ1) is 14.9. The molecule has 1 heterocycles. The van der Waals surface area contributed by atoms with Crippen molar-refractivity contribution in [2.75, 3.05) is 13.1 Å². The number of hydrogen-bond donors (Lipinski definition) is 3. The molecule has 7 heteroatoms. The Morgan fingerprint density at radius 2 is 2.11 bits per heavy atom. The molecule has 0 unspecified atom stereocenters. The number of hydrogen-bond acceptors (Lipinski definition) is 4. The molecule has 0 radical (unpaired) electrons. The summed E-state index contributed by atoms with van der Waals surface area (Å²) in [6, 6.07) is 1.64. The molecule has 0 saturated heterocycles. The van der Waals surface area contributed by atoms with Gasteiger partial charge in [0.05, 0.1) is 11.4 Å². The lowest BCUT2D eigenvalue weighted by Crippen LogP contribution is -2.36. The van der Waals surface area contributed by atoms with Gasteiger partial charge in [0.2, 0.25) is 5.91 Å². The van der Waals surface area contributed by atoms with Crippen molar-refractivity contribution in [3.8, 4) is 0 Å². The second kappa shape index (κ2) is 7.32. The highest BCUT2D eigenvalue weighted by atomic mass is 32.1. The predicted molar refractivity (Wildman–Crippen MR) is 72.0 cm³/mol. The molecule has 0 saturated carbocycles. The highest BCUT2D eigenvalue weighted by Crippen LogP contribution is 2.18. The Labute approximate surface area is 114 Å². The van der Waals surface area contributed by atoms with Crippen LogP contribution in [0.2, 0.25) is 0 Å². The lowest BCUT2D eigenvalue weighted by molar-refractivity contribution is -0.131. The van der Waals surface area contributed by atoms with Gasteiger partial charge in [0.15, 0.2) is 0 Å². The zero-order valence-electron chi connectivity index (χ0n) is 10.3. The van der Waals surface area contributed by atoms with Crippen LogP contribution < -0.4 is 10.6 Å². The summed E-state index contributed by atoms with van der Waals surface area (Å²) in [4.78, 5) is 33.8. The first-order valence-corrected chi connectivity index (χ1v) is 6.46. The van der Waals surface area contributed by atoms with Gasteiger partial charge in [-0.05, 0) is 30.0 Å². The molecular formula is C12H14N2O4S. The van der Waals surface area contributed by atoms with E-state index in [1.165, 1.54) is 17.4 Å². The van der Waals surface area contributed by atoms with Gasteiger partial charge in [-0.15, -0.1) is 11.3 Å². The van der Waals surface area contributed by atoms with E-state index in [1.807, 2.05) is 0 Å². The fraction of sp³-hybridized carbons (Fsp3) is 0.250. The molecule has 0 bridgehead atoms. The van der Waals surface area contributed by atoms with Crippen LogP contribution in [-0.4, -0.2) is 36.0 Å². The number of rotatable bonds is 6. The van der Waals surface area contributed by atoms with Crippen molar-refractivity contribution in [2.24, 2.45) is 0 Å². The molecule has 3 N–H and O–H groups in total. The normalized spacial score (nSPS) is 10.4. The molecule has 0 spiro atoms. The topological polar surface area (TPSA) is 95.5 Å². The van der Waals surface area contributed by atoms with Crippen LogP contribution in [0.5, 0.6) is 0 Å². The molecule has 0 fully saturated rings. The van der Waals surface area contributed by atoms with Gasteiger partial charge in [-0.3, -0.25) is 9.59 Å². The Morgan fingerprint density at radius 1 is 1.37 bits per heavy atom. The van der Waals surface area contributed by atoms with Crippen LogP contribution in [0.25, 0.3) is 6.08 Å². The number of carbonyl (C=O) groups is 3. The SMILES string of the molecule is CCNC(=O)CNC(=O)c1sccc1C=CC(=O)O. The van der Waals surface area contributed by atoms with Crippen molar-refractivity contribution in [2.45, 2.75) is 6.92 Å². The van der Waals surface area contributed by atoms with Crippen molar-refractivity contribution in [1.29, 1.82) is 0 Å². The summed E-state index contributed by atoms with van der Waals surface area (Å²) in [6.07, 6.45) is 2.31. The fourth-order valence-electron chi connectivity index (χ4n) is 1.30. The standard InChI is InChI=1S/C12H14N2O4S/c1-2-13-9(15)7-14-12(18)11-8(5-6-19-11)3-4-10(16)17/h3-6H,2,7H2,1H3,(H,13,15)(H,14,18)(H,16,17). The van der Waals surface area contributed by atoms with Gasteiger partial charge in [0, 0.05) is 12.6 Å². The largest absolute Gasteiger partial charge is 0.478 e. The van der Waals surface area contributed by atoms with Gasteiger partial charge in [-0.2, -0.15) is 0 Å². The van der Waals surface area contributed by atoms with Crippen LogP contribution in [0, 0.1) is 0 Å². The number of aliphatic carboxylic acids is 1. The van der Waals surface area contributed by atoms with Crippen LogP contribution in [0.1, 0.15) is 22.2 Å². The molecule has 19 heavy (non-hydrogen) atoms. The van der Waals surface area contributed by atoms with E-state index in [0.717, 1.165) is 6.08 Å². The van der Waals surface area contributed by atoms with Crippen molar-refractivity contribution in [3.05, 3.63) is 28.0 Å². The van der Waals surface area contributed by atoms with E-state index in [-0.39, 0.29) is 12.5 Å². The van der Waals surface area contributed by atoms with Gasteiger partial charge < -0.3 is 15.7 Å². The molecule has 6 nitrogen and oxygen atoms in total. The molecule has 0 atom stereocenters. The summed E-state index contributed by atoms with van der Waals surface area (Å²) in [7, 11) is 0. The number of carboxylic acid groups (broad SMARTS) is 1. The quantitative estimate of drug-likeness (QED) is 0.670. The van der Waals surface area contributed by atoms with Gasteiger partial charge >= 0.3 is 5.97 Å². The number of likely N-dealkylation sites (N-methyl/N-ethyl adjacent to an activating group) is 1. The molecule has 0 aliphatic carbocycles. The minimum atomic E-state index is -1.08. The van der Waals surface area contributed by atoms with Gasteiger partial charge in [0.1, 0.15) is 0 Å². The average molecular weight is 282 g/mol. The zero-order chi connectivity index (χ0) is 14.3. The van der Waals surface area contributed by atoms with Crippen LogP contribution in [0.4, 0.5) is 0 Å². The first-order valence-electron chi connectivity index (χ1n) is 5.58. The minimum Gasteiger partial charge on any atom is -0.478 e. The van der Waals surface area contributed by atoms with Crippen LogP contribution in [0.3, 0.4) is 0 Å². The smallest absolute Gasteiger partial charge is 0.328 e. The Hall–Kier alpha value is -2.15. The maximum atomic E-state index is 11.8. The Morgan fingerprint density at radius 3 is 2.74 bits per heavy atom. The highest BCUT2D eigenvalue weighted by Gasteiger charge is 2.12. The summed E-state index contributed by atoms with van der Waals surface area (Å²) < 4.78 is 0. The van der Waals surface area contributed by atoms with E-state index >= 15 is 0 Å². The van der Waals surface area contributed by atoms with Crippen molar-refractivity contribution < 1.29 is 19.5 Å². The monoisotopic (exact) mass is 282 g/mol. The molecule has 102 valence electrons. The molecule has 2 amide bonds. The molecule has 0 aromatic carbocycles. The molecule has 1 aromatic rings. The van der Waals surface area contributed by atoms with Gasteiger partial charge in [0.25, 0.3) is 5.91 Å². The predicted octanol–water partition coefficient (Wildman–Crippen LogP) is 0.712. The third-order valence-electron chi connectivity index (χ3n) is 2.09. The number of amides is 2. The van der Waals surface area contributed by atoms with E-state index in [2.05, 4.69) is 10.6 Å². The van der Waals surface area contributed by atoms with E-state index in [4.69, 9.17) is 5.11 Å². The van der Waals surface area contributed by atoms with E-state index in [0.29, 0.717) is 17.0 Å². The fourth-order valence-corrected chi connectivity index (χ4v) is 2.10. The third-order valence-corrected chi connectivity index (χ3v) is 3.02. The molecule has 0 aliphatic rings. The summed E-state index contributed by atoms with van der Waals surface area (Å²) in [5.41, 5.74) is 0.515. The van der Waals surface area contributed by atoms with Crippen molar-refractivity contribution >= 4 is 35.2 Å². The Bertz CT molecular complexity index is 508. The van der Waals surface area contributed by atoms with E-state index < -0.39 is 11.9 Å². The molecule has 1 rings (SSSR count).